The van der Waals surface area contributed by atoms with E-state index < -0.39 is 0 Å². The molecule has 1 heterocycles. The Bertz CT molecular complexity index is 591. The minimum Gasteiger partial charge on any atom is -0.192 e. The Kier molecular flexibility index (Phi) is 2.58. The first-order chi connectivity index (χ1) is 7.85. The highest BCUT2D eigenvalue weighted by molar-refractivity contribution is 5.68. The fraction of sp³-hybridized carbons (Fsp3) is 0. The molecule has 0 unspecified atom stereocenters. The van der Waals surface area contributed by atoms with Gasteiger partial charge in [0.25, 0.3) is 0 Å². The molecule has 0 amide bonds. The van der Waals surface area contributed by atoms with E-state index in [2.05, 4.69) is 10.2 Å². The van der Waals surface area contributed by atoms with Crippen molar-refractivity contribution in [3.05, 3.63) is 47.7 Å². The van der Waals surface area contributed by atoms with E-state index in [-0.39, 0.29) is 0 Å². The Labute approximate surface area is 92.4 Å². The van der Waals surface area contributed by atoms with E-state index in [1.807, 2.05) is 12.1 Å². The molecule has 0 aliphatic carbocycles. The second kappa shape index (κ2) is 4.20. The van der Waals surface area contributed by atoms with Crippen LogP contribution in [-0.4, -0.2) is 10.2 Å². The van der Waals surface area contributed by atoms with Gasteiger partial charge in [0.05, 0.1) is 29.0 Å². The van der Waals surface area contributed by atoms with Gasteiger partial charge in [-0.05, 0) is 24.3 Å². The molecule has 0 N–H and O–H groups in total. The number of benzene rings is 1. The molecular weight excluding hydrogens is 200 g/mol. The summed E-state index contributed by atoms with van der Waals surface area (Å²) in [6.45, 7) is 0. The van der Waals surface area contributed by atoms with Crippen LogP contribution in [0, 0.1) is 22.7 Å². The molecule has 4 heteroatoms. The van der Waals surface area contributed by atoms with Crippen LogP contribution < -0.4 is 0 Å². The maximum absolute atomic E-state index is 8.99. The molecule has 2 aromatic rings. The quantitative estimate of drug-likeness (QED) is 0.714. The van der Waals surface area contributed by atoms with Crippen LogP contribution in [0.2, 0.25) is 0 Å². The Hall–Kier alpha value is -2.72. The smallest absolute Gasteiger partial charge is 0.0999 e. The van der Waals surface area contributed by atoms with Gasteiger partial charge >= 0.3 is 0 Å². The zero-order valence-electron chi connectivity index (χ0n) is 8.25. The van der Waals surface area contributed by atoms with E-state index >= 15 is 0 Å². The van der Waals surface area contributed by atoms with Crippen LogP contribution in [-0.2, 0) is 0 Å². The third-order valence-corrected chi connectivity index (χ3v) is 2.12. The zero-order valence-corrected chi connectivity index (χ0v) is 8.25. The number of rotatable bonds is 1. The maximum atomic E-state index is 8.99. The van der Waals surface area contributed by atoms with Crippen LogP contribution >= 0.6 is 0 Å². The minimum atomic E-state index is 0.430. The van der Waals surface area contributed by atoms with E-state index in [4.69, 9.17) is 10.5 Å². The Morgan fingerprint density at radius 3 is 2.56 bits per heavy atom. The predicted molar refractivity (Wildman–Crippen MR) is 56.9 cm³/mol. The lowest BCUT2D eigenvalue weighted by molar-refractivity contribution is 1.04. The molecule has 0 atom stereocenters. The first-order valence-electron chi connectivity index (χ1n) is 4.57. The van der Waals surface area contributed by atoms with Crippen molar-refractivity contribution in [2.45, 2.75) is 0 Å². The number of aromatic nitrogens is 2. The summed E-state index contributed by atoms with van der Waals surface area (Å²) >= 11 is 0. The van der Waals surface area contributed by atoms with E-state index in [1.165, 1.54) is 0 Å². The first kappa shape index (κ1) is 9.82. The molecule has 2 rings (SSSR count). The van der Waals surface area contributed by atoms with Gasteiger partial charge in [-0.2, -0.15) is 20.7 Å². The molecule has 1 aromatic heterocycles. The Balaban J connectivity index is 2.60. The average molecular weight is 206 g/mol. The van der Waals surface area contributed by atoms with E-state index in [1.54, 1.807) is 36.5 Å². The summed E-state index contributed by atoms with van der Waals surface area (Å²) in [4.78, 5) is 0. The average Bonchev–Trinajstić information content (AvgIpc) is 2.39. The molecule has 0 saturated carbocycles. The lowest BCUT2D eigenvalue weighted by Crippen LogP contribution is -1.90. The topological polar surface area (TPSA) is 73.4 Å². The van der Waals surface area contributed by atoms with Crippen LogP contribution in [0.15, 0.2) is 36.5 Å². The maximum Gasteiger partial charge on any atom is 0.0999 e. The van der Waals surface area contributed by atoms with Crippen LogP contribution in [0.4, 0.5) is 0 Å². The molecule has 0 radical (unpaired) electrons. The number of nitriles is 2. The predicted octanol–water partition coefficient (Wildman–Crippen LogP) is 1.89. The van der Waals surface area contributed by atoms with Gasteiger partial charge in [0, 0.05) is 11.8 Å². The Morgan fingerprint density at radius 1 is 1.06 bits per heavy atom. The largest absolute Gasteiger partial charge is 0.192 e. The Morgan fingerprint density at radius 2 is 1.94 bits per heavy atom. The van der Waals surface area contributed by atoms with E-state index in [0.29, 0.717) is 22.4 Å². The SMILES string of the molecule is N#Cc1ccc(-c2cccnn2)c(C#N)c1. The minimum absolute atomic E-state index is 0.430. The van der Waals surface area contributed by atoms with Crippen LogP contribution in [0.5, 0.6) is 0 Å². The molecular formula is C12H6N4. The molecule has 0 fully saturated rings. The van der Waals surface area contributed by atoms with E-state index in [9.17, 15) is 0 Å². The van der Waals surface area contributed by atoms with Gasteiger partial charge in [-0.3, -0.25) is 0 Å². The van der Waals surface area contributed by atoms with Crippen molar-refractivity contribution < 1.29 is 0 Å². The van der Waals surface area contributed by atoms with Gasteiger partial charge in [-0.15, -0.1) is 0 Å². The second-order valence-corrected chi connectivity index (χ2v) is 3.09. The number of nitrogens with zero attached hydrogens (tertiary/aromatic N) is 4. The highest BCUT2D eigenvalue weighted by atomic mass is 15.1. The molecule has 74 valence electrons. The summed E-state index contributed by atoms with van der Waals surface area (Å²) in [6, 6.07) is 12.5. The van der Waals surface area contributed by atoms with Crippen molar-refractivity contribution in [3.8, 4) is 23.4 Å². The van der Waals surface area contributed by atoms with Crippen molar-refractivity contribution in [1.29, 1.82) is 10.5 Å². The van der Waals surface area contributed by atoms with Crippen LogP contribution in [0.3, 0.4) is 0 Å². The lowest BCUT2D eigenvalue weighted by atomic mass is 10.0. The summed E-state index contributed by atoms with van der Waals surface area (Å²) in [7, 11) is 0. The lowest BCUT2D eigenvalue weighted by Gasteiger charge is -2.01. The normalized spacial score (nSPS) is 9.12. The third-order valence-electron chi connectivity index (χ3n) is 2.12. The highest BCUT2D eigenvalue weighted by Gasteiger charge is 2.06. The van der Waals surface area contributed by atoms with Crippen LogP contribution in [0.1, 0.15) is 11.1 Å². The van der Waals surface area contributed by atoms with Crippen molar-refractivity contribution >= 4 is 0 Å². The molecule has 1 aromatic carbocycles. The van der Waals surface area contributed by atoms with Gasteiger partial charge in [-0.1, -0.05) is 6.07 Å². The van der Waals surface area contributed by atoms with Crippen LogP contribution in [0.25, 0.3) is 11.3 Å². The summed E-state index contributed by atoms with van der Waals surface area (Å²) in [5.41, 5.74) is 2.21. The van der Waals surface area contributed by atoms with Gasteiger partial charge in [-0.25, -0.2) is 0 Å². The monoisotopic (exact) mass is 206 g/mol. The fourth-order valence-electron chi connectivity index (χ4n) is 1.37. The molecule has 0 spiro atoms. The van der Waals surface area contributed by atoms with Gasteiger partial charge in [0.15, 0.2) is 0 Å². The van der Waals surface area contributed by atoms with Gasteiger partial charge < -0.3 is 0 Å². The van der Waals surface area contributed by atoms with E-state index in [0.717, 1.165) is 0 Å². The standard InChI is InChI=1S/C12H6N4/c13-7-9-3-4-11(10(6-9)8-14)12-2-1-5-15-16-12/h1-6H. The molecule has 0 aliphatic rings. The number of hydrogen-bond acceptors (Lipinski definition) is 4. The number of hydrogen-bond donors (Lipinski definition) is 0. The van der Waals surface area contributed by atoms with Crippen molar-refractivity contribution in [1.82, 2.24) is 10.2 Å². The van der Waals surface area contributed by atoms with Crippen molar-refractivity contribution in [3.63, 3.8) is 0 Å². The summed E-state index contributed by atoms with van der Waals surface area (Å²) in [5, 5.41) is 25.4. The molecule has 0 bridgehead atoms. The fourth-order valence-corrected chi connectivity index (χ4v) is 1.37. The second-order valence-electron chi connectivity index (χ2n) is 3.09. The molecule has 16 heavy (non-hydrogen) atoms. The molecule has 4 nitrogen and oxygen atoms in total. The first-order valence-corrected chi connectivity index (χ1v) is 4.57. The zero-order chi connectivity index (χ0) is 11.4. The van der Waals surface area contributed by atoms with Crippen molar-refractivity contribution in [2.24, 2.45) is 0 Å². The van der Waals surface area contributed by atoms with Gasteiger partial charge in [0.1, 0.15) is 0 Å². The summed E-state index contributed by atoms with van der Waals surface area (Å²) < 4.78 is 0. The molecule has 0 aliphatic heterocycles. The van der Waals surface area contributed by atoms with Crippen molar-refractivity contribution in [2.75, 3.05) is 0 Å². The summed E-state index contributed by atoms with van der Waals surface area (Å²) in [6.07, 6.45) is 1.57. The summed E-state index contributed by atoms with van der Waals surface area (Å²) in [5.74, 6) is 0. The highest BCUT2D eigenvalue weighted by Crippen LogP contribution is 2.21. The third kappa shape index (κ3) is 1.73. The molecule has 0 saturated heterocycles. The van der Waals surface area contributed by atoms with Gasteiger partial charge in [0.2, 0.25) is 0 Å².